The van der Waals surface area contributed by atoms with E-state index in [9.17, 15) is 14.9 Å². The van der Waals surface area contributed by atoms with Crippen LogP contribution in [0, 0.1) is 22.7 Å². The number of ketones is 2. The number of rotatable bonds is 1. The molecular formula is C15H8N6O2. The fourth-order valence-electron chi connectivity index (χ4n) is 2.41. The maximum atomic E-state index is 12.4. The van der Waals surface area contributed by atoms with Crippen molar-refractivity contribution in [2.24, 2.45) is 0 Å². The molecule has 110 valence electrons. The van der Waals surface area contributed by atoms with Gasteiger partial charge in [-0.05, 0) is 0 Å². The Morgan fingerprint density at radius 1 is 1.09 bits per heavy atom. The summed E-state index contributed by atoms with van der Waals surface area (Å²) < 4.78 is 0.852. The van der Waals surface area contributed by atoms with Gasteiger partial charge in [-0.25, -0.2) is 4.68 Å². The molecular weight excluding hydrogens is 296 g/mol. The van der Waals surface area contributed by atoms with Gasteiger partial charge in [-0.15, -0.1) is 5.10 Å². The highest BCUT2D eigenvalue weighted by atomic mass is 16.2. The first-order valence-electron chi connectivity index (χ1n) is 6.38. The summed E-state index contributed by atoms with van der Waals surface area (Å²) in [5.74, 6) is -1.57. The van der Waals surface area contributed by atoms with Crippen molar-refractivity contribution in [3.05, 3.63) is 46.5 Å². The van der Waals surface area contributed by atoms with Crippen LogP contribution < -0.4 is 11.5 Å². The van der Waals surface area contributed by atoms with Gasteiger partial charge >= 0.3 is 0 Å². The number of nitriles is 2. The third-order valence-electron chi connectivity index (χ3n) is 3.48. The van der Waals surface area contributed by atoms with E-state index < -0.39 is 11.6 Å². The van der Waals surface area contributed by atoms with Crippen molar-refractivity contribution in [1.82, 2.24) is 9.78 Å². The van der Waals surface area contributed by atoms with Gasteiger partial charge in [-0.3, -0.25) is 9.59 Å². The van der Waals surface area contributed by atoms with Crippen molar-refractivity contribution in [3.63, 3.8) is 0 Å². The minimum absolute atomic E-state index is 0.117. The molecule has 8 nitrogen and oxygen atoms in total. The standard InChI is InChI=1S/C15H8N6O2/c16-5-9-14(18)20-21(15(9)19)10(6-17)11-12(22)7-3-1-2-4-8(7)13(11)23/h1-4H,19H2,(H2,18,20). The van der Waals surface area contributed by atoms with E-state index in [0.29, 0.717) is 0 Å². The average molecular weight is 304 g/mol. The van der Waals surface area contributed by atoms with Crippen LogP contribution >= 0.6 is 0 Å². The van der Waals surface area contributed by atoms with Crippen LogP contribution in [0.1, 0.15) is 26.3 Å². The van der Waals surface area contributed by atoms with E-state index in [1.54, 1.807) is 24.3 Å². The van der Waals surface area contributed by atoms with Crippen LogP contribution in [0.15, 0.2) is 29.8 Å². The summed E-state index contributed by atoms with van der Waals surface area (Å²) in [6.07, 6.45) is 0. The zero-order valence-corrected chi connectivity index (χ0v) is 11.6. The molecule has 8 heteroatoms. The third-order valence-corrected chi connectivity index (χ3v) is 3.48. The van der Waals surface area contributed by atoms with Crippen LogP contribution in [0.4, 0.5) is 11.6 Å². The number of hydrogen-bond acceptors (Lipinski definition) is 7. The highest BCUT2D eigenvalue weighted by molar-refractivity contribution is 6.42. The van der Waals surface area contributed by atoms with Crippen LogP contribution in [0.2, 0.25) is 0 Å². The number of allylic oxidation sites excluding steroid dienone is 2. The molecule has 4 N–H and O–H groups in total. The second-order valence-corrected chi connectivity index (χ2v) is 4.71. The largest absolute Gasteiger partial charge is 0.382 e. The molecule has 1 aliphatic rings. The molecule has 1 aromatic heterocycles. The summed E-state index contributed by atoms with van der Waals surface area (Å²) in [7, 11) is 0. The summed E-state index contributed by atoms with van der Waals surface area (Å²) in [6, 6.07) is 9.75. The number of nitrogens with zero attached hydrogens (tertiary/aromatic N) is 4. The Morgan fingerprint density at radius 2 is 1.65 bits per heavy atom. The Hall–Kier alpha value is -3.91. The number of aromatic nitrogens is 2. The molecule has 0 saturated carbocycles. The van der Waals surface area contributed by atoms with Crippen molar-refractivity contribution < 1.29 is 9.59 Å². The van der Waals surface area contributed by atoms with Gasteiger partial charge in [0.15, 0.2) is 11.5 Å². The summed E-state index contributed by atoms with van der Waals surface area (Å²) in [6.45, 7) is 0. The van der Waals surface area contributed by atoms with Crippen molar-refractivity contribution >= 4 is 28.9 Å². The first-order valence-corrected chi connectivity index (χ1v) is 6.38. The van der Waals surface area contributed by atoms with Gasteiger partial charge in [-0.1, -0.05) is 24.3 Å². The number of nitrogens with two attached hydrogens (primary N) is 2. The maximum Gasteiger partial charge on any atom is 0.200 e. The molecule has 0 saturated heterocycles. The van der Waals surface area contributed by atoms with Crippen LogP contribution in [0.25, 0.3) is 5.70 Å². The number of carbonyl (C=O) groups is 2. The zero-order valence-electron chi connectivity index (χ0n) is 11.6. The molecule has 1 aromatic carbocycles. The maximum absolute atomic E-state index is 12.4. The van der Waals surface area contributed by atoms with Crippen molar-refractivity contribution in [3.8, 4) is 12.1 Å². The minimum Gasteiger partial charge on any atom is -0.382 e. The zero-order chi connectivity index (χ0) is 16.7. The molecule has 23 heavy (non-hydrogen) atoms. The number of hydrogen-bond donors (Lipinski definition) is 2. The fourth-order valence-corrected chi connectivity index (χ4v) is 2.41. The minimum atomic E-state index is -0.589. The summed E-state index contributed by atoms with van der Waals surface area (Å²) in [5.41, 5.74) is 10.9. The van der Waals surface area contributed by atoms with Gasteiger partial charge < -0.3 is 11.5 Å². The van der Waals surface area contributed by atoms with E-state index in [-0.39, 0.29) is 39.6 Å². The summed E-state index contributed by atoms with van der Waals surface area (Å²) >= 11 is 0. The fraction of sp³-hybridized carbons (Fsp3) is 0. The predicted octanol–water partition coefficient (Wildman–Crippen LogP) is 0.733. The van der Waals surface area contributed by atoms with Crippen molar-refractivity contribution in [2.45, 2.75) is 0 Å². The Bertz CT molecular complexity index is 963. The second-order valence-electron chi connectivity index (χ2n) is 4.71. The van der Waals surface area contributed by atoms with Gasteiger partial charge in [-0.2, -0.15) is 10.5 Å². The predicted molar refractivity (Wildman–Crippen MR) is 79.7 cm³/mol. The number of carbonyl (C=O) groups excluding carboxylic acids is 2. The van der Waals surface area contributed by atoms with Crippen LogP contribution in [-0.4, -0.2) is 21.3 Å². The molecule has 2 aromatic rings. The monoisotopic (exact) mass is 304 g/mol. The highest BCUT2D eigenvalue weighted by Gasteiger charge is 2.37. The van der Waals surface area contributed by atoms with E-state index in [0.717, 1.165) is 4.68 Å². The number of benzene rings is 1. The van der Waals surface area contributed by atoms with Crippen LogP contribution in [-0.2, 0) is 0 Å². The number of nitrogen functional groups attached to an aromatic ring is 2. The van der Waals surface area contributed by atoms with E-state index >= 15 is 0 Å². The van der Waals surface area contributed by atoms with E-state index in [1.807, 2.05) is 0 Å². The molecule has 0 spiro atoms. The molecule has 0 bridgehead atoms. The van der Waals surface area contributed by atoms with Crippen molar-refractivity contribution in [1.29, 1.82) is 10.5 Å². The van der Waals surface area contributed by atoms with Gasteiger partial charge in [0.05, 0.1) is 0 Å². The van der Waals surface area contributed by atoms with Crippen molar-refractivity contribution in [2.75, 3.05) is 11.5 Å². The molecule has 0 aliphatic heterocycles. The molecule has 0 unspecified atom stereocenters. The Kier molecular flexibility index (Phi) is 2.95. The number of fused-ring (bicyclic) bond motifs is 1. The Balaban J connectivity index is 2.30. The van der Waals surface area contributed by atoms with Gasteiger partial charge in [0.2, 0.25) is 11.6 Å². The molecule has 0 atom stereocenters. The van der Waals surface area contributed by atoms with Crippen LogP contribution in [0.3, 0.4) is 0 Å². The second kappa shape index (κ2) is 4.83. The average Bonchev–Trinajstić information content (AvgIpc) is 2.97. The van der Waals surface area contributed by atoms with E-state index in [1.165, 1.54) is 12.1 Å². The SMILES string of the molecule is N#CC(=C1C(=O)c2ccccc2C1=O)n1nc(N)c(C#N)c1N. The van der Waals surface area contributed by atoms with Gasteiger partial charge in [0, 0.05) is 11.1 Å². The van der Waals surface area contributed by atoms with E-state index in [2.05, 4.69) is 5.10 Å². The number of anilines is 2. The first-order chi connectivity index (χ1) is 11.0. The van der Waals surface area contributed by atoms with Crippen LogP contribution in [0.5, 0.6) is 0 Å². The first kappa shape index (κ1) is 14.0. The highest BCUT2D eigenvalue weighted by Crippen LogP contribution is 2.31. The molecule has 0 amide bonds. The molecule has 1 heterocycles. The number of Topliss-reactive ketones (excluding diaryl/α,β-unsaturated/α-hetero) is 2. The van der Waals surface area contributed by atoms with E-state index in [4.69, 9.17) is 16.7 Å². The molecule has 1 aliphatic carbocycles. The Labute approximate surface area is 129 Å². The van der Waals surface area contributed by atoms with Gasteiger partial charge in [0.25, 0.3) is 0 Å². The lowest BCUT2D eigenvalue weighted by atomic mass is 10.1. The molecule has 3 rings (SSSR count). The topological polar surface area (TPSA) is 152 Å². The molecule has 0 fully saturated rings. The lowest BCUT2D eigenvalue weighted by molar-refractivity contribution is 0.0989. The lowest BCUT2D eigenvalue weighted by Crippen LogP contribution is -2.12. The summed E-state index contributed by atoms with van der Waals surface area (Å²) in [5, 5.41) is 22.2. The Morgan fingerprint density at radius 3 is 2.09 bits per heavy atom. The smallest absolute Gasteiger partial charge is 0.200 e. The molecule has 0 radical (unpaired) electrons. The normalized spacial score (nSPS) is 12.7. The lowest BCUT2D eigenvalue weighted by Gasteiger charge is -2.03. The van der Waals surface area contributed by atoms with Gasteiger partial charge in [0.1, 0.15) is 29.1 Å². The quantitative estimate of drug-likeness (QED) is 0.447. The third kappa shape index (κ3) is 1.79. The summed E-state index contributed by atoms with van der Waals surface area (Å²) in [4.78, 5) is 24.9.